The van der Waals surface area contributed by atoms with Gasteiger partial charge >= 0.3 is 11.9 Å². The van der Waals surface area contributed by atoms with E-state index < -0.39 is 40.1 Å². The number of carboxylic acid groups (broad SMARTS) is 2. The number of halogens is 2. The summed E-state index contributed by atoms with van der Waals surface area (Å²) in [6, 6.07) is 5.52. The van der Waals surface area contributed by atoms with Crippen molar-refractivity contribution in [1.29, 1.82) is 0 Å². The van der Waals surface area contributed by atoms with Crippen LogP contribution < -0.4 is 0 Å². The second-order valence-electron chi connectivity index (χ2n) is 7.48. The number of aliphatic carboxylic acids is 2. The van der Waals surface area contributed by atoms with E-state index in [1.54, 1.807) is 6.07 Å². The second kappa shape index (κ2) is 7.93. The van der Waals surface area contributed by atoms with Gasteiger partial charge in [-0.15, -0.1) is 0 Å². The molecule has 1 aliphatic rings. The SMILES string of the molecule is CCCCc1cc2c(c(F)c1CCCC)C(C(=O)O)(C(=O)O)c1c(F)cccc1-2. The summed E-state index contributed by atoms with van der Waals surface area (Å²) in [5.41, 5.74) is -2.38. The highest BCUT2D eigenvalue weighted by molar-refractivity contribution is 6.14. The first-order valence-corrected chi connectivity index (χ1v) is 9.93. The first-order valence-electron chi connectivity index (χ1n) is 9.93. The minimum atomic E-state index is -2.80. The Hall–Kier alpha value is -2.76. The molecule has 0 spiro atoms. The van der Waals surface area contributed by atoms with Crippen LogP contribution in [-0.2, 0) is 27.8 Å². The summed E-state index contributed by atoms with van der Waals surface area (Å²) in [6.07, 6.45) is 4.17. The maximum Gasteiger partial charge on any atom is 0.330 e. The van der Waals surface area contributed by atoms with E-state index in [9.17, 15) is 24.2 Å². The summed E-state index contributed by atoms with van der Waals surface area (Å²) in [7, 11) is 0. The van der Waals surface area contributed by atoms with E-state index in [0.29, 0.717) is 24.8 Å². The lowest BCUT2D eigenvalue weighted by Gasteiger charge is -2.24. The largest absolute Gasteiger partial charge is 0.480 e. The number of hydrogen-bond acceptors (Lipinski definition) is 2. The van der Waals surface area contributed by atoms with E-state index in [2.05, 4.69) is 0 Å². The standard InChI is InChI=1S/C23H24F2O4/c1-3-5-8-13-12-16-15-10-7-11-17(24)18(15)23(21(26)27,22(28)29)19(16)20(25)14(13)9-6-4-2/h7,10-12H,3-6,8-9H2,1-2H3,(H,26,27)(H,28,29). The van der Waals surface area contributed by atoms with Crippen LogP contribution in [-0.4, -0.2) is 22.2 Å². The molecule has 0 bridgehead atoms. The highest BCUT2D eigenvalue weighted by atomic mass is 19.1. The molecular weight excluding hydrogens is 378 g/mol. The third-order valence-electron chi connectivity index (χ3n) is 5.74. The minimum Gasteiger partial charge on any atom is -0.480 e. The van der Waals surface area contributed by atoms with E-state index in [1.165, 1.54) is 12.1 Å². The van der Waals surface area contributed by atoms with Crippen LogP contribution in [0.25, 0.3) is 11.1 Å². The van der Waals surface area contributed by atoms with Crippen molar-refractivity contribution in [2.45, 2.75) is 57.8 Å². The molecule has 0 unspecified atom stereocenters. The molecule has 2 aromatic rings. The van der Waals surface area contributed by atoms with Gasteiger partial charge in [0.1, 0.15) is 11.6 Å². The number of fused-ring (bicyclic) bond motifs is 3. The van der Waals surface area contributed by atoms with Gasteiger partial charge in [0.15, 0.2) is 0 Å². The predicted molar refractivity (Wildman–Crippen MR) is 105 cm³/mol. The first kappa shape index (κ1) is 21.0. The van der Waals surface area contributed by atoms with Crippen LogP contribution in [0.15, 0.2) is 24.3 Å². The molecule has 2 N–H and O–H groups in total. The Morgan fingerprint density at radius 1 is 0.931 bits per heavy atom. The van der Waals surface area contributed by atoms with Crippen LogP contribution in [0.1, 0.15) is 61.8 Å². The van der Waals surface area contributed by atoms with Crippen LogP contribution in [0.3, 0.4) is 0 Å². The Bertz CT molecular complexity index is 967. The van der Waals surface area contributed by atoms with Gasteiger partial charge in [0, 0.05) is 11.1 Å². The fourth-order valence-electron chi connectivity index (χ4n) is 4.31. The maximum atomic E-state index is 15.8. The molecule has 0 heterocycles. The quantitative estimate of drug-likeness (QED) is 0.604. The normalized spacial score (nSPS) is 13.8. The second-order valence-corrected chi connectivity index (χ2v) is 7.48. The summed E-state index contributed by atoms with van der Waals surface area (Å²) in [6.45, 7) is 3.97. The fraction of sp³-hybridized carbons (Fsp3) is 0.391. The summed E-state index contributed by atoms with van der Waals surface area (Å²) in [5.74, 6) is -5.39. The molecule has 0 aliphatic heterocycles. The third kappa shape index (κ3) is 3.02. The van der Waals surface area contributed by atoms with Gasteiger partial charge in [-0.05, 0) is 54.0 Å². The molecule has 6 heteroatoms. The molecule has 0 aromatic heterocycles. The van der Waals surface area contributed by atoms with E-state index in [0.717, 1.165) is 30.9 Å². The average molecular weight is 402 g/mol. The Morgan fingerprint density at radius 3 is 2.14 bits per heavy atom. The van der Waals surface area contributed by atoms with Gasteiger partial charge < -0.3 is 10.2 Å². The van der Waals surface area contributed by atoms with Crippen molar-refractivity contribution in [3.05, 3.63) is 58.2 Å². The number of unbranched alkanes of at least 4 members (excludes halogenated alkanes) is 2. The summed E-state index contributed by atoms with van der Waals surface area (Å²) in [5, 5.41) is 19.9. The van der Waals surface area contributed by atoms with E-state index in [4.69, 9.17) is 0 Å². The lowest BCUT2D eigenvalue weighted by molar-refractivity contribution is -0.155. The smallest absolute Gasteiger partial charge is 0.330 e. The topological polar surface area (TPSA) is 74.6 Å². The Kier molecular flexibility index (Phi) is 5.73. The molecule has 2 aromatic carbocycles. The van der Waals surface area contributed by atoms with Crippen molar-refractivity contribution in [3.63, 3.8) is 0 Å². The number of rotatable bonds is 8. The van der Waals surface area contributed by atoms with E-state index >= 15 is 4.39 Å². The summed E-state index contributed by atoms with van der Waals surface area (Å²) < 4.78 is 30.6. The van der Waals surface area contributed by atoms with Crippen LogP contribution >= 0.6 is 0 Å². The van der Waals surface area contributed by atoms with Gasteiger partial charge in [0.05, 0.1) is 0 Å². The molecule has 0 amide bonds. The zero-order valence-corrected chi connectivity index (χ0v) is 16.5. The molecule has 29 heavy (non-hydrogen) atoms. The average Bonchev–Trinajstić information content (AvgIpc) is 2.99. The molecule has 4 nitrogen and oxygen atoms in total. The van der Waals surface area contributed by atoms with Crippen molar-refractivity contribution < 1.29 is 28.6 Å². The van der Waals surface area contributed by atoms with Crippen LogP contribution in [0.2, 0.25) is 0 Å². The third-order valence-corrected chi connectivity index (χ3v) is 5.74. The fourth-order valence-corrected chi connectivity index (χ4v) is 4.31. The van der Waals surface area contributed by atoms with Crippen molar-refractivity contribution in [3.8, 4) is 11.1 Å². The van der Waals surface area contributed by atoms with Gasteiger partial charge in [0.25, 0.3) is 0 Å². The number of benzene rings is 2. The Balaban J connectivity index is 2.43. The van der Waals surface area contributed by atoms with Gasteiger partial charge in [-0.25, -0.2) is 8.78 Å². The number of carboxylic acids is 2. The number of hydrogen-bond donors (Lipinski definition) is 2. The predicted octanol–water partition coefficient (Wildman–Crippen LogP) is 5.09. The van der Waals surface area contributed by atoms with Crippen LogP contribution in [0.5, 0.6) is 0 Å². The zero-order valence-electron chi connectivity index (χ0n) is 16.5. The molecule has 154 valence electrons. The first-order chi connectivity index (χ1) is 13.8. The molecule has 0 fully saturated rings. The van der Waals surface area contributed by atoms with Gasteiger partial charge in [-0.2, -0.15) is 0 Å². The summed E-state index contributed by atoms with van der Waals surface area (Å²) in [4.78, 5) is 24.5. The lowest BCUT2D eigenvalue weighted by Crippen LogP contribution is -2.44. The number of carbonyl (C=O) groups is 2. The zero-order chi connectivity index (χ0) is 21.3. The van der Waals surface area contributed by atoms with E-state index in [1.807, 2.05) is 13.8 Å². The highest BCUT2D eigenvalue weighted by Crippen LogP contribution is 2.52. The summed E-state index contributed by atoms with van der Waals surface area (Å²) >= 11 is 0. The Labute approximate surface area is 168 Å². The van der Waals surface area contributed by atoms with Crippen molar-refractivity contribution in [2.24, 2.45) is 0 Å². The van der Waals surface area contributed by atoms with Crippen LogP contribution in [0.4, 0.5) is 8.78 Å². The minimum absolute atomic E-state index is 0.128. The van der Waals surface area contributed by atoms with Crippen molar-refractivity contribution in [2.75, 3.05) is 0 Å². The lowest BCUT2D eigenvalue weighted by atomic mass is 9.76. The maximum absolute atomic E-state index is 15.8. The highest BCUT2D eigenvalue weighted by Gasteiger charge is 2.59. The van der Waals surface area contributed by atoms with Gasteiger partial charge in [0.2, 0.25) is 5.41 Å². The molecular formula is C23H24F2O4. The molecule has 0 saturated heterocycles. The molecule has 1 aliphatic carbocycles. The monoisotopic (exact) mass is 402 g/mol. The molecule has 3 rings (SSSR count). The van der Waals surface area contributed by atoms with Gasteiger partial charge in [-0.1, -0.05) is 44.9 Å². The molecule has 0 saturated carbocycles. The van der Waals surface area contributed by atoms with Gasteiger partial charge in [-0.3, -0.25) is 9.59 Å². The van der Waals surface area contributed by atoms with Crippen molar-refractivity contribution >= 4 is 11.9 Å². The van der Waals surface area contributed by atoms with Crippen LogP contribution in [0, 0.1) is 11.6 Å². The van der Waals surface area contributed by atoms with Crippen molar-refractivity contribution in [1.82, 2.24) is 0 Å². The Morgan fingerprint density at radius 2 is 1.55 bits per heavy atom. The molecule has 0 radical (unpaired) electrons. The van der Waals surface area contributed by atoms with E-state index in [-0.39, 0.29) is 11.1 Å². The number of aryl methyl sites for hydroxylation is 1. The molecule has 0 atom stereocenters.